The fourth-order valence-corrected chi connectivity index (χ4v) is 1.55. The molecule has 0 amide bonds. The second-order valence-corrected chi connectivity index (χ2v) is 5.92. The fourth-order valence-electron chi connectivity index (χ4n) is 1.02. The number of Topliss-reactive ketones (excluding diaryl/α,β-unsaturated/α-hetero) is 1. The van der Waals surface area contributed by atoms with Gasteiger partial charge in [-0.15, -0.1) is 0 Å². The fraction of sp³-hybridized carbons (Fsp3) is 0.222. The summed E-state index contributed by atoms with van der Waals surface area (Å²) < 4.78 is 49.0. The van der Waals surface area contributed by atoms with Gasteiger partial charge in [-0.1, -0.05) is 31.9 Å². The average molecular weight is 364 g/mol. The minimum absolute atomic E-state index is 0.215. The molecule has 16 heavy (non-hydrogen) atoms. The highest BCUT2D eigenvalue weighted by Crippen LogP contribution is 2.32. The molecule has 1 rings (SSSR count). The summed E-state index contributed by atoms with van der Waals surface area (Å²) in [6.45, 7) is 0. The minimum atomic E-state index is -4.81. The van der Waals surface area contributed by atoms with Gasteiger partial charge in [0, 0.05) is 5.56 Å². The van der Waals surface area contributed by atoms with E-state index < -0.39 is 27.1 Å². The second-order valence-electron chi connectivity index (χ2n) is 2.86. The first-order valence-electron chi connectivity index (χ1n) is 3.92. The Bertz CT molecular complexity index is 414. The Kier molecular flexibility index (Phi) is 4.12. The van der Waals surface area contributed by atoms with Crippen molar-refractivity contribution in [2.24, 2.45) is 0 Å². The lowest BCUT2D eigenvalue weighted by atomic mass is 10.1. The summed E-state index contributed by atoms with van der Waals surface area (Å²) >= 11 is 5.72. The number of hydrogen-bond acceptors (Lipinski definition) is 1. The van der Waals surface area contributed by atoms with Gasteiger partial charge in [-0.25, -0.2) is 4.39 Å². The van der Waals surface area contributed by atoms with Crippen molar-refractivity contribution < 1.29 is 22.4 Å². The molecule has 1 aromatic rings. The number of carbonyl (C=O) groups is 1. The van der Waals surface area contributed by atoms with E-state index in [1.807, 2.05) is 0 Å². The summed E-state index contributed by atoms with van der Waals surface area (Å²) in [5, 5.41) is 0. The van der Waals surface area contributed by atoms with Crippen LogP contribution in [0.4, 0.5) is 17.6 Å². The highest BCUT2D eigenvalue weighted by Gasteiger charge is 2.34. The number of ketones is 1. The third-order valence-corrected chi connectivity index (χ3v) is 2.59. The number of rotatable bonds is 2. The van der Waals surface area contributed by atoms with Gasteiger partial charge in [-0.05, 0) is 18.2 Å². The lowest BCUT2D eigenvalue weighted by Gasteiger charge is -2.09. The first-order valence-corrected chi connectivity index (χ1v) is 5.75. The van der Waals surface area contributed by atoms with Crippen LogP contribution >= 0.6 is 31.9 Å². The number of carbonyl (C=O) groups excluding carboxylic acids is 1. The number of benzene rings is 1. The molecule has 0 radical (unpaired) electrons. The number of halogens is 6. The molecular weight excluding hydrogens is 360 g/mol. The summed E-state index contributed by atoms with van der Waals surface area (Å²) in [6.07, 6.45) is -4.81. The van der Waals surface area contributed by atoms with E-state index in [0.29, 0.717) is 12.1 Å². The molecule has 0 atom stereocenters. The summed E-state index contributed by atoms with van der Waals surface area (Å²) in [4.78, 5) is 11.4. The molecule has 7 heteroatoms. The molecule has 1 aromatic carbocycles. The molecule has 0 aliphatic heterocycles. The van der Waals surface area contributed by atoms with E-state index in [1.54, 1.807) is 0 Å². The molecular formula is C9H4Br2F4O. The normalized spacial score (nSPS) is 11.9. The number of alkyl halides is 5. The summed E-state index contributed by atoms with van der Waals surface area (Å²) in [5.74, 6) is -2.00. The van der Waals surface area contributed by atoms with E-state index in [4.69, 9.17) is 0 Å². The van der Waals surface area contributed by atoms with Crippen molar-refractivity contribution in [1.29, 1.82) is 0 Å². The standard InChI is InChI=1S/C9H4Br2F4O/c10-8(11)7(16)4-1-2-6(12)5(3-4)9(13,14)15/h1-3,8H. The Morgan fingerprint density at radius 2 is 1.81 bits per heavy atom. The molecule has 0 bridgehead atoms. The predicted molar refractivity (Wildman–Crippen MR) is 57.4 cm³/mol. The van der Waals surface area contributed by atoms with Crippen LogP contribution in [-0.2, 0) is 6.18 Å². The zero-order chi connectivity index (χ0) is 12.5. The minimum Gasteiger partial charge on any atom is -0.292 e. The topological polar surface area (TPSA) is 17.1 Å². The molecule has 0 heterocycles. The van der Waals surface area contributed by atoms with Crippen LogP contribution in [0.2, 0.25) is 0 Å². The van der Waals surface area contributed by atoms with Crippen LogP contribution in [0.1, 0.15) is 15.9 Å². The van der Waals surface area contributed by atoms with Gasteiger partial charge in [0.2, 0.25) is 0 Å². The Labute approximate surface area is 105 Å². The van der Waals surface area contributed by atoms with Gasteiger partial charge in [0.05, 0.1) is 5.56 Å². The van der Waals surface area contributed by atoms with Gasteiger partial charge < -0.3 is 0 Å². The van der Waals surface area contributed by atoms with Gasteiger partial charge in [0.25, 0.3) is 0 Å². The van der Waals surface area contributed by atoms with E-state index in [2.05, 4.69) is 31.9 Å². The maximum atomic E-state index is 12.9. The first-order chi connectivity index (χ1) is 7.23. The van der Waals surface area contributed by atoms with E-state index >= 15 is 0 Å². The van der Waals surface area contributed by atoms with Crippen molar-refractivity contribution in [3.05, 3.63) is 35.1 Å². The molecule has 0 saturated carbocycles. The highest BCUT2D eigenvalue weighted by molar-refractivity contribution is 9.25. The largest absolute Gasteiger partial charge is 0.419 e. The van der Waals surface area contributed by atoms with E-state index in [1.165, 1.54) is 0 Å². The SMILES string of the molecule is O=C(c1ccc(F)c(C(F)(F)F)c1)C(Br)Br. The van der Waals surface area contributed by atoms with Crippen molar-refractivity contribution >= 4 is 37.6 Å². The molecule has 0 spiro atoms. The van der Waals surface area contributed by atoms with Gasteiger partial charge >= 0.3 is 6.18 Å². The second kappa shape index (κ2) is 4.83. The Morgan fingerprint density at radius 3 is 2.25 bits per heavy atom. The van der Waals surface area contributed by atoms with Gasteiger partial charge in [-0.2, -0.15) is 13.2 Å². The first kappa shape index (κ1) is 13.6. The van der Waals surface area contributed by atoms with E-state index in [0.717, 1.165) is 6.07 Å². The van der Waals surface area contributed by atoms with Gasteiger partial charge in [0.1, 0.15) is 9.55 Å². The third-order valence-electron chi connectivity index (χ3n) is 1.75. The van der Waals surface area contributed by atoms with Gasteiger partial charge in [-0.3, -0.25) is 4.79 Å². The van der Waals surface area contributed by atoms with Crippen LogP contribution in [0, 0.1) is 5.82 Å². The summed E-state index contributed by atoms with van der Waals surface area (Å²) in [5.41, 5.74) is -1.66. The molecule has 0 unspecified atom stereocenters. The predicted octanol–water partition coefficient (Wildman–Crippen LogP) is 4.14. The molecule has 0 aliphatic carbocycles. The van der Waals surface area contributed by atoms with Crippen LogP contribution in [0.3, 0.4) is 0 Å². The average Bonchev–Trinajstić information content (AvgIpc) is 2.15. The highest BCUT2D eigenvalue weighted by atomic mass is 79.9. The quantitative estimate of drug-likeness (QED) is 0.438. The molecule has 0 saturated heterocycles. The monoisotopic (exact) mass is 362 g/mol. The van der Waals surface area contributed by atoms with Crippen molar-refractivity contribution in [2.75, 3.05) is 0 Å². The summed E-state index contributed by atoms with van der Waals surface area (Å²) in [7, 11) is 0. The smallest absolute Gasteiger partial charge is 0.292 e. The van der Waals surface area contributed by atoms with Crippen molar-refractivity contribution in [1.82, 2.24) is 0 Å². The van der Waals surface area contributed by atoms with Crippen molar-refractivity contribution in [3.8, 4) is 0 Å². The maximum absolute atomic E-state index is 12.9. The Balaban J connectivity index is 3.23. The lowest BCUT2D eigenvalue weighted by Crippen LogP contribution is -2.12. The summed E-state index contributed by atoms with van der Waals surface area (Å²) in [6, 6.07) is 2.12. The van der Waals surface area contributed by atoms with Crippen molar-refractivity contribution in [2.45, 2.75) is 9.91 Å². The van der Waals surface area contributed by atoms with E-state index in [9.17, 15) is 22.4 Å². The zero-order valence-electron chi connectivity index (χ0n) is 7.49. The molecule has 0 fully saturated rings. The van der Waals surface area contributed by atoms with Crippen LogP contribution < -0.4 is 0 Å². The molecule has 0 aromatic heterocycles. The van der Waals surface area contributed by atoms with Crippen LogP contribution in [0.15, 0.2) is 18.2 Å². The van der Waals surface area contributed by atoms with Crippen molar-refractivity contribution in [3.63, 3.8) is 0 Å². The lowest BCUT2D eigenvalue weighted by molar-refractivity contribution is -0.140. The number of hydrogen-bond donors (Lipinski definition) is 0. The van der Waals surface area contributed by atoms with Crippen LogP contribution in [0.5, 0.6) is 0 Å². The molecule has 1 nitrogen and oxygen atoms in total. The van der Waals surface area contributed by atoms with Gasteiger partial charge in [0.15, 0.2) is 5.78 Å². The molecule has 0 aliphatic rings. The molecule has 0 N–H and O–H groups in total. The Hall–Kier alpha value is -0.430. The van der Waals surface area contributed by atoms with Crippen LogP contribution in [-0.4, -0.2) is 9.52 Å². The maximum Gasteiger partial charge on any atom is 0.419 e. The third kappa shape index (κ3) is 3.04. The zero-order valence-corrected chi connectivity index (χ0v) is 10.7. The van der Waals surface area contributed by atoms with E-state index in [-0.39, 0.29) is 5.56 Å². The Morgan fingerprint density at radius 1 is 1.25 bits per heavy atom. The molecule has 88 valence electrons. The van der Waals surface area contributed by atoms with Crippen LogP contribution in [0.25, 0.3) is 0 Å².